The first-order chi connectivity index (χ1) is 11.1. The van der Waals surface area contributed by atoms with E-state index in [1.54, 1.807) is 0 Å². The summed E-state index contributed by atoms with van der Waals surface area (Å²) in [6.45, 7) is 3.64. The van der Waals surface area contributed by atoms with Gasteiger partial charge in [0.25, 0.3) is 0 Å². The number of carbonyl (C=O) groups excluding carboxylic acids is 2. The Hall–Kier alpha value is -2.10. The number of benzene rings is 1. The normalized spacial score (nSPS) is 28.6. The molecular formula is C19H22O4. The van der Waals surface area contributed by atoms with Crippen LogP contribution in [0.3, 0.4) is 0 Å². The molecule has 0 radical (unpaired) electrons. The van der Waals surface area contributed by atoms with Crippen molar-refractivity contribution in [1.29, 1.82) is 0 Å². The topological polar surface area (TPSA) is 52.6 Å². The van der Waals surface area contributed by atoms with Crippen molar-refractivity contribution in [2.75, 3.05) is 6.61 Å². The van der Waals surface area contributed by atoms with Gasteiger partial charge < -0.3 is 9.47 Å². The number of rotatable bonds is 6. The highest BCUT2D eigenvalue weighted by Crippen LogP contribution is 2.62. The predicted octanol–water partition coefficient (Wildman–Crippen LogP) is 3.84. The first kappa shape index (κ1) is 15.8. The summed E-state index contributed by atoms with van der Waals surface area (Å²) in [6.07, 6.45) is 5.01. The molecule has 2 aliphatic carbocycles. The Morgan fingerprint density at radius 1 is 1.22 bits per heavy atom. The van der Waals surface area contributed by atoms with E-state index in [0.29, 0.717) is 12.8 Å². The molecule has 0 bridgehead atoms. The summed E-state index contributed by atoms with van der Waals surface area (Å²) >= 11 is 0. The first-order valence-electron chi connectivity index (χ1n) is 8.16. The van der Waals surface area contributed by atoms with Crippen LogP contribution in [0, 0.1) is 5.41 Å². The number of carbonyl (C=O) groups is 2. The lowest BCUT2D eigenvalue weighted by atomic mass is 9.56. The molecular weight excluding hydrogens is 292 g/mol. The van der Waals surface area contributed by atoms with Crippen LogP contribution in [0.5, 0.6) is 0 Å². The summed E-state index contributed by atoms with van der Waals surface area (Å²) in [6, 6.07) is 10.1. The van der Waals surface area contributed by atoms with Crippen LogP contribution in [0.2, 0.25) is 0 Å². The third kappa shape index (κ3) is 2.67. The Labute approximate surface area is 136 Å². The van der Waals surface area contributed by atoms with Gasteiger partial charge in [-0.05, 0) is 37.7 Å². The maximum absolute atomic E-state index is 12.5. The molecule has 2 aliphatic rings. The molecule has 0 saturated heterocycles. The van der Waals surface area contributed by atoms with Crippen molar-refractivity contribution in [3.05, 3.63) is 48.6 Å². The lowest BCUT2D eigenvalue weighted by Gasteiger charge is -2.52. The van der Waals surface area contributed by atoms with Crippen molar-refractivity contribution in [2.45, 2.75) is 44.1 Å². The average molecular weight is 314 g/mol. The lowest BCUT2D eigenvalue weighted by molar-refractivity contribution is -0.173. The van der Waals surface area contributed by atoms with Crippen molar-refractivity contribution in [1.82, 2.24) is 0 Å². The van der Waals surface area contributed by atoms with Crippen LogP contribution in [0.15, 0.2) is 43.0 Å². The quantitative estimate of drug-likeness (QED) is 0.591. The lowest BCUT2D eigenvalue weighted by Crippen LogP contribution is -2.59. The molecule has 122 valence electrons. The molecule has 4 nitrogen and oxygen atoms in total. The minimum absolute atomic E-state index is 0.125. The summed E-state index contributed by atoms with van der Waals surface area (Å²) in [5.41, 5.74) is 0.0317. The summed E-state index contributed by atoms with van der Waals surface area (Å²) in [7, 11) is 0. The van der Waals surface area contributed by atoms with Gasteiger partial charge in [0.2, 0.25) is 0 Å². The SMILES string of the molecule is C=CCOC(=O)OC12CCC(=O)C1(CCc1ccccc1)CC2. The van der Waals surface area contributed by atoms with E-state index in [-0.39, 0.29) is 12.4 Å². The molecule has 0 amide bonds. The van der Waals surface area contributed by atoms with E-state index < -0.39 is 17.2 Å². The molecule has 2 fully saturated rings. The fourth-order valence-electron chi connectivity index (χ4n) is 4.03. The standard InChI is InChI=1S/C19H22O4/c1-2-14-22-17(21)23-19-11-9-16(20)18(19,12-13-19)10-8-15-6-4-3-5-7-15/h2-7H,1,8-14H2. The van der Waals surface area contributed by atoms with E-state index in [1.807, 2.05) is 18.2 Å². The Balaban J connectivity index is 1.71. The summed E-state index contributed by atoms with van der Waals surface area (Å²) in [5.74, 6) is 0.233. The van der Waals surface area contributed by atoms with Crippen LogP contribution in [0.25, 0.3) is 0 Å². The predicted molar refractivity (Wildman–Crippen MR) is 86.0 cm³/mol. The minimum Gasteiger partial charge on any atom is -0.430 e. The van der Waals surface area contributed by atoms with Gasteiger partial charge in [-0.15, -0.1) is 0 Å². The monoisotopic (exact) mass is 314 g/mol. The van der Waals surface area contributed by atoms with Crippen LogP contribution in [0.1, 0.15) is 37.7 Å². The zero-order valence-electron chi connectivity index (χ0n) is 13.3. The molecule has 4 heteroatoms. The molecule has 0 spiro atoms. The summed E-state index contributed by atoms with van der Waals surface area (Å²) < 4.78 is 10.6. The highest BCUT2D eigenvalue weighted by atomic mass is 16.7. The molecule has 2 saturated carbocycles. The second-order valence-corrected chi connectivity index (χ2v) is 6.44. The van der Waals surface area contributed by atoms with Crippen LogP contribution in [-0.4, -0.2) is 24.1 Å². The smallest absolute Gasteiger partial charge is 0.430 e. The van der Waals surface area contributed by atoms with E-state index in [4.69, 9.17) is 9.47 Å². The molecule has 0 heterocycles. The van der Waals surface area contributed by atoms with E-state index in [9.17, 15) is 9.59 Å². The Kier molecular flexibility index (Phi) is 4.24. The van der Waals surface area contributed by atoms with Gasteiger partial charge in [0.05, 0.1) is 5.41 Å². The molecule has 0 aromatic heterocycles. The third-order valence-electron chi connectivity index (χ3n) is 5.40. The van der Waals surface area contributed by atoms with Crippen molar-refractivity contribution in [2.24, 2.45) is 5.41 Å². The number of hydrogen-bond acceptors (Lipinski definition) is 4. The van der Waals surface area contributed by atoms with Gasteiger partial charge in [0, 0.05) is 6.42 Å². The average Bonchev–Trinajstić information content (AvgIpc) is 2.73. The van der Waals surface area contributed by atoms with E-state index in [1.165, 1.54) is 11.6 Å². The largest absolute Gasteiger partial charge is 0.509 e. The molecule has 0 N–H and O–H groups in total. The molecule has 23 heavy (non-hydrogen) atoms. The fraction of sp³-hybridized carbons (Fsp3) is 0.474. The Bertz CT molecular complexity index is 609. The van der Waals surface area contributed by atoms with Gasteiger partial charge in [-0.2, -0.15) is 0 Å². The second kappa shape index (κ2) is 6.19. The highest BCUT2D eigenvalue weighted by molar-refractivity contribution is 5.90. The maximum Gasteiger partial charge on any atom is 0.509 e. The zero-order valence-corrected chi connectivity index (χ0v) is 13.3. The highest BCUT2D eigenvalue weighted by Gasteiger charge is 2.68. The van der Waals surface area contributed by atoms with Gasteiger partial charge in [-0.25, -0.2) is 4.79 Å². The molecule has 1 aromatic carbocycles. The first-order valence-corrected chi connectivity index (χ1v) is 8.16. The summed E-state index contributed by atoms with van der Waals surface area (Å²) in [5, 5.41) is 0. The van der Waals surface area contributed by atoms with Gasteiger partial charge in [0.15, 0.2) is 0 Å². The summed E-state index contributed by atoms with van der Waals surface area (Å²) in [4.78, 5) is 24.4. The van der Waals surface area contributed by atoms with Crippen LogP contribution in [-0.2, 0) is 20.7 Å². The fourth-order valence-corrected chi connectivity index (χ4v) is 4.03. The van der Waals surface area contributed by atoms with Gasteiger partial charge in [0.1, 0.15) is 18.0 Å². The number of ether oxygens (including phenoxy) is 2. The zero-order chi connectivity index (χ0) is 16.3. The maximum atomic E-state index is 12.5. The number of aryl methyl sites for hydroxylation is 1. The minimum atomic E-state index is -0.691. The van der Waals surface area contributed by atoms with Crippen molar-refractivity contribution >= 4 is 11.9 Å². The van der Waals surface area contributed by atoms with E-state index in [2.05, 4.69) is 18.7 Å². The number of ketones is 1. The second-order valence-electron chi connectivity index (χ2n) is 6.44. The number of hydrogen-bond donors (Lipinski definition) is 0. The third-order valence-corrected chi connectivity index (χ3v) is 5.40. The molecule has 3 rings (SSSR count). The van der Waals surface area contributed by atoms with E-state index >= 15 is 0 Å². The number of Topliss-reactive ketones (excluding diaryl/α,β-unsaturated/α-hetero) is 1. The number of fused-ring (bicyclic) bond motifs is 1. The van der Waals surface area contributed by atoms with Crippen LogP contribution >= 0.6 is 0 Å². The molecule has 2 atom stereocenters. The van der Waals surface area contributed by atoms with Crippen molar-refractivity contribution < 1.29 is 19.1 Å². The van der Waals surface area contributed by atoms with Crippen molar-refractivity contribution in [3.8, 4) is 0 Å². The van der Waals surface area contributed by atoms with Gasteiger partial charge >= 0.3 is 6.16 Å². The van der Waals surface area contributed by atoms with Crippen LogP contribution in [0.4, 0.5) is 4.79 Å². The van der Waals surface area contributed by atoms with Gasteiger partial charge in [-0.1, -0.05) is 43.0 Å². The van der Waals surface area contributed by atoms with Gasteiger partial charge in [-0.3, -0.25) is 4.79 Å². The van der Waals surface area contributed by atoms with E-state index in [0.717, 1.165) is 25.7 Å². The van der Waals surface area contributed by atoms with Crippen molar-refractivity contribution in [3.63, 3.8) is 0 Å². The molecule has 1 aromatic rings. The Morgan fingerprint density at radius 3 is 2.65 bits per heavy atom. The molecule has 2 unspecified atom stereocenters. The molecule has 0 aliphatic heterocycles. The Morgan fingerprint density at radius 2 is 2.00 bits per heavy atom. The van der Waals surface area contributed by atoms with Crippen LogP contribution < -0.4 is 0 Å².